The van der Waals surface area contributed by atoms with E-state index in [1.54, 1.807) is 0 Å². The van der Waals surface area contributed by atoms with E-state index in [9.17, 15) is 8.78 Å². The van der Waals surface area contributed by atoms with Gasteiger partial charge in [-0.2, -0.15) is 4.98 Å². The summed E-state index contributed by atoms with van der Waals surface area (Å²) in [5.41, 5.74) is 3.19. The van der Waals surface area contributed by atoms with Crippen LogP contribution in [-0.4, -0.2) is 58.6 Å². The van der Waals surface area contributed by atoms with Crippen molar-refractivity contribution in [1.82, 2.24) is 19.7 Å². The highest BCUT2D eigenvalue weighted by Gasteiger charge is 2.19. The summed E-state index contributed by atoms with van der Waals surface area (Å²) in [4.78, 5) is 6.68. The highest BCUT2D eigenvalue weighted by atomic mass is 19.1. The van der Waals surface area contributed by atoms with Crippen LogP contribution in [0.15, 0.2) is 42.7 Å². The first kappa shape index (κ1) is 22.2. The molecule has 9 heteroatoms. The molecular formula is C23H32F2N6O. The first-order valence-corrected chi connectivity index (χ1v) is 10.8. The Kier molecular flexibility index (Phi) is 6.96. The number of rotatable bonds is 8. The predicted octanol–water partition coefficient (Wildman–Crippen LogP) is 4.61. The van der Waals surface area contributed by atoms with Crippen LogP contribution in [-0.2, 0) is 4.74 Å². The van der Waals surface area contributed by atoms with Crippen LogP contribution < -0.4 is 10.6 Å². The normalized spacial score (nSPS) is 15.5. The van der Waals surface area contributed by atoms with Gasteiger partial charge < -0.3 is 15.4 Å². The number of aryl methyl sites for hydroxylation is 1. The van der Waals surface area contributed by atoms with E-state index in [4.69, 9.17) is 4.74 Å². The molecule has 1 aliphatic heterocycles. The van der Waals surface area contributed by atoms with Gasteiger partial charge in [-0.3, -0.25) is 4.90 Å². The molecule has 2 heterocycles. The summed E-state index contributed by atoms with van der Waals surface area (Å²) in [6.07, 6.45) is 2.48. The summed E-state index contributed by atoms with van der Waals surface area (Å²) in [6, 6.07) is 9.76. The molecule has 1 unspecified atom stereocenters. The fraction of sp³-hybridized carbons (Fsp3) is 0.391. The van der Waals surface area contributed by atoms with Crippen LogP contribution in [0.3, 0.4) is 0 Å². The summed E-state index contributed by atoms with van der Waals surface area (Å²) in [5, 5.41) is 11.0. The molecule has 2 aromatic carbocycles. The van der Waals surface area contributed by atoms with Crippen LogP contribution in [0.5, 0.6) is 0 Å². The van der Waals surface area contributed by atoms with Crippen molar-refractivity contribution in [3.8, 4) is 5.69 Å². The van der Waals surface area contributed by atoms with Crippen molar-refractivity contribution in [2.24, 2.45) is 0 Å². The average Bonchev–Trinajstić information content (AvgIpc) is 3.22. The summed E-state index contributed by atoms with van der Waals surface area (Å²) >= 11 is 0. The first-order chi connectivity index (χ1) is 15.5. The molecule has 1 saturated heterocycles. The maximum atomic E-state index is 13.5. The van der Waals surface area contributed by atoms with Crippen molar-refractivity contribution in [3.63, 3.8) is 0 Å². The Morgan fingerprint density at radius 1 is 1.06 bits per heavy atom. The van der Waals surface area contributed by atoms with E-state index in [0.29, 0.717) is 12.0 Å². The Hall–Kier alpha value is -3.04. The zero-order chi connectivity index (χ0) is 22.5. The largest absolute Gasteiger partial charge is 0.383 e. The lowest BCUT2D eigenvalue weighted by atomic mass is 10.1. The Bertz CT molecular complexity index is 1040. The van der Waals surface area contributed by atoms with Gasteiger partial charge >= 0.3 is 0 Å². The van der Waals surface area contributed by atoms with Crippen LogP contribution in [0.25, 0.3) is 5.69 Å². The van der Waals surface area contributed by atoms with E-state index in [-0.39, 0.29) is 8.54 Å². The lowest BCUT2D eigenvalue weighted by Gasteiger charge is -2.34. The van der Waals surface area contributed by atoms with Crippen molar-refractivity contribution in [2.75, 3.05) is 43.5 Å². The van der Waals surface area contributed by atoms with Crippen LogP contribution in [0.1, 0.15) is 21.8 Å². The Morgan fingerprint density at radius 2 is 1.78 bits per heavy atom. The quantitative estimate of drug-likeness (QED) is 0.527. The molecule has 0 radical (unpaired) electrons. The zero-order valence-corrected chi connectivity index (χ0v) is 18.3. The number of hydrogen-bond donors (Lipinski definition) is 2. The van der Waals surface area contributed by atoms with Gasteiger partial charge in [0.25, 0.3) is 0 Å². The smallest absolute Gasteiger partial charge is 0.246 e. The van der Waals surface area contributed by atoms with Gasteiger partial charge in [0.15, 0.2) is 0 Å². The molecule has 1 atom stereocenters. The van der Waals surface area contributed by atoms with Gasteiger partial charge in [-0.1, -0.05) is 6.92 Å². The van der Waals surface area contributed by atoms with Crippen molar-refractivity contribution in [3.05, 3.63) is 59.9 Å². The van der Waals surface area contributed by atoms with Gasteiger partial charge in [0.1, 0.15) is 18.0 Å². The van der Waals surface area contributed by atoms with E-state index in [2.05, 4.69) is 38.6 Å². The van der Waals surface area contributed by atoms with E-state index < -0.39 is 11.6 Å². The number of ether oxygens (including phenoxy) is 1. The summed E-state index contributed by atoms with van der Waals surface area (Å²) in [6.45, 7) is 8.58. The minimum absolute atomic E-state index is 0. The molecule has 4 rings (SSSR count). The molecule has 2 N–H and O–H groups in total. The molecule has 174 valence electrons. The van der Waals surface area contributed by atoms with Crippen LogP contribution in [0, 0.1) is 18.6 Å². The van der Waals surface area contributed by atoms with Gasteiger partial charge in [0.2, 0.25) is 5.95 Å². The van der Waals surface area contributed by atoms with Crippen LogP contribution in [0.2, 0.25) is 0 Å². The number of hydrogen-bond acceptors (Lipinski definition) is 6. The molecule has 32 heavy (non-hydrogen) atoms. The van der Waals surface area contributed by atoms with Gasteiger partial charge in [0, 0.05) is 46.0 Å². The number of nitrogens with one attached hydrogen (secondary N) is 2. The number of benzene rings is 2. The molecule has 0 amide bonds. The predicted molar refractivity (Wildman–Crippen MR) is 125 cm³/mol. The molecule has 0 saturated carbocycles. The number of aromatic nitrogens is 3. The van der Waals surface area contributed by atoms with Crippen LogP contribution >= 0.6 is 0 Å². The minimum atomic E-state index is -0.665. The molecule has 3 aromatic rings. The van der Waals surface area contributed by atoms with Gasteiger partial charge in [-0.25, -0.2) is 13.5 Å². The number of anilines is 3. The van der Waals surface area contributed by atoms with Crippen LogP contribution in [0.4, 0.5) is 26.1 Å². The topological polar surface area (TPSA) is 67.2 Å². The second-order valence-corrected chi connectivity index (χ2v) is 7.94. The Balaban J connectivity index is 0.00000204. The lowest BCUT2D eigenvalue weighted by Crippen LogP contribution is -2.46. The molecular weight excluding hydrogens is 414 g/mol. The first-order valence-electron chi connectivity index (χ1n) is 10.8. The second kappa shape index (κ2) is 10.1. The molecule has 1 aromatic heterocycles. The van der Waals surface area contributed by atoms with Crippen molar-refractivity contribution >= 4 is 17.3 Å². The summed E-state index contributed by atoms with van der Waals surface area (Å²) in [7, 11) is 0. The van der Waals surface area contributed by atoms with Crippen molar-refractivity contribution in [1.29, 1.82) is 0 Å². The number of halogens is 2. The third kappa shape index (κ3) is 5.60. The third-order valence-electron chi connectivity index (χ3n) is 5.51. The van der Waals surface area contributed by atoms with Gasteiger partial charge in [-0.15, -0.1) is 5.10 Å². The number of nitrogens with zero attached hydrogens (tertiary/aromatic N) is 4. The Labute approximate surface area is 189 Å². The fourth-order valence-corrected chi connectivity index (χ4v) is 3.91. The zero-order valence-electron chi connectivity index (χ0n) is 18.3. The van der Waals surface area contributed by atoms with Gasteiger partial charge in [-0.05, 0) is 49.2 Å². The van der Waals surface area contributed by atoms with Gasteiger partial charge in [0.05, 0.1) is 18.9 Å². The maximum Gasteiger partial charge on any atom is 0.246 e. The van der Waals surface area contributed by atoms with Crippen molar-refractivity contribution in [2.45, 2.75) is 26.3 Å². The minimum Gasteiger partial charge on any atom is -0.383 e. The fourth-order valence-electron chi connectivity index (χ4n) is 3.91. The van der Waals surface area contributed by atoms with E-state index >= 15 is 0 Å². The Morgan fingerprint density at radius 3 is 2.50 bits per heavy atom. The third-order valence-corrected chi connectivity index (χ3v) is 5.51. The SMILES string of the molecule is CCC(CNc1cc(C)cc(Nc2ncn(-c3cc(F)cc(F)c3)n2)c1)N1CCOCC1.[HH].[HH]. The lowest BCUT2D eigenvalue weighted by molar-refractivity contribution is 0.0184. The molecule has 0 spiro atoms. The molecule has 1 fully saturated rings. The number of morpholine rings is 1. The second-order valence-electron chi connectivity index (χ2n) is 7.94. The maximum absolute atomic E-state index is 13.5. The summed E-state index contributed by atoms with van der Waals surface area (Å²) in [5.74, 6) is -0.991. The molecule has 0 bridgehead atoms. The summed E-state index contributed by atoms with van der Waals surface area (Å²) < 4.78 is 33.8. The van der Waals surface area contributed by atoms with E-state index in [1.165, 1.54) is 23.1 Å². The standard InChI is InChI=1S/C23H28F2N6O.2H2/c1-3-21(30-4-6-32-7-5-30)14-26-19-8-16(2)9-20(13-19)28-23-27-15-31(29-23)22-11-17(24)10-18(25)12-22;;/h8-13,15,21,26H,3-7,14H2,1-2H3,(H,28,29);2*1H. The van der Waals surface area contributed by atoms with Crippen molar-refractivity contribution < 1.29 is 16.4 Å². The molecule has 1 aliphatic rings. The molecule has 7 nitrogen and oxygen atoms in total. The highest BCUT2D eigenvalue weighted by Crippen LogP contribution is 2.22. The average molecular weight is 447 g/mol. The van der Waals surface area contributed by atoms with E-state index in [1.807, 2.05) is 19.1 Å². The monoisotopic (exact) mass is 446 g/mol. The molecule has 0 aliphatic carbocycles. The van der Waals surface area contributed by atoms with E-state index in [0.717, 1.165) is 62.3 Å². The highest BCUT2D eigenvalue weighted by molar-refractivity contribution is 5.63.